The molecular weight excluding hydrogens is 318 g/mol. The third kappa shape index (κ3) is 3.05. The first-order valence-electron chi connectivity index (χ1n) is 6.76. The monoisotopic (exact) mass is 329 g/mol. The lowest BCUT2D eigenvalue weighted by molar-refractivity contribution is 0.102. The lowest BCUT2D eigenvalue weighted by Crippen LogP contribution is -2.20. The number of fused-ring (bicyclic) bond motifs is 1. The number of benzene rings is 2. The maximum atomic E-state index is 12.3. The number of hydrogen-bond acceptors (Lipinski definition) is 4. The molecule has 0 saturated heterocycles. The molecule has 0 bridgehead atoms. The van der Waals surface area contributed by atoms with E-state index in [1.54, 1.807) is 30.3 Å². The van der Waals surface area contributed by atoms with E-state index in [4.69, 9.17) is 20.8 Å². The van der Waals surface area contributed by atoms with E-state index in [2.05, 4.69) is 5.32 Å². The van der Waals surface area contributed by atoms with Crippen LogP contribution in [0.3, 0.4) is 0 Å². The Balaban J connectivity index is 2.06. The fourth-order valence-corrected chi connectivity index (χ4v) is 2.41. The molecule has 2 aromatic carbocycles. The van der Waals surface area contributed by atoms with Crippen LogP contribution >= 0.6 is 11.6 Å². The summed E-state index contributed by atoms with van der Waals surface area (Å²) in [6.07, 6.45) is 0. The minimum Gasteiger partial charge on any atom is -0.493 e. The summed E-state index contributed by atoms with van der Waals surface area (Å²) in [4.78, 5) is 24.4. The second-order valence-corrected chi connectivity index (χ2v) is 5.23. The van der Waals surface area contributed by atoms with Crippen molar-refractivity contribution in [2.24, 2.45) is 0 Å². The van der Waals surface area contributed by atoms with Gasteiger partial charge in [0.15, 0.2) is 11.3 Å². The molecule has 0 fully saturated rings. The van der Waals surface area contributed by atoms with Gasteiger partial charge in [0.25, 0.3) is 5.91 Å². The average Bonchev–Trinajstić information content (AvgIpc) is 2.54. The maximum Gasteiger partial charge on any atom is 0.349 e. The zero-order chi connectivity index (χ0) is 16.4. The van der Waals surface area contributed by atoms with Crippen LogP contribution in [-0.2, 0) is 0 Å². The number of hydrogen-bond donors (Lipinski definition) is 1. The van der Waals surface area contributed by atoms with Gasteiger partial charge in [-0.3, -0.25) is 4.79 Å². The van der Waals surface area contributed by atoms with Gasteiger partial charge in [-0.15, -0.1) is 0 Å². The minimum atomic E-state index is -0.744. The van der Waals surface area contributed by atoms with Crippen LogP contribution in [0.25, 0.3) is 11.0 Å². The van der Waals surface area contributed by atoms with E-state index < -0.39 is 11.5 Å². The highest BCUT2D eigenvalue weighted by Crippen LogP contribution is 2.29. The average molecular weight is 330 g/mol. The molecule has 1 heterocycles. The molecule has 116 valence electrons. The zero-order valence-corrected chi connectivity index (χ0v) is 12.9. The van der Waals surface area contributed by atoms with Gasteiger partial charge in [0, 0.05) is 22.2 Å². The first kappa shape index (κ1) is 15.1. The normalized spacial score (nSPS) is 10.5. The number of nitrogens with one attached hydrogen (secondary N) is 1. The van der Waals surface area contributed by atoms with Crippen LogP contribution in [0.4, 0.5) is 5.69 Å². The Kier molecular flexibility index (Phi) is 4.04. The van der Waals surface area contributed by atoms with Crippen molar-refractivity contribution >= 4 is 34.2 Å². The van der Waals surface area contributed by atoms with E-state index in [0.29, 0.717) is 21.8 Å². The third-order valence-corrected chi connectivity index (χ3v) is 3.48. The van der Waals surface area contributed by atoms with E-state index in [0.717, 1.165) is 0 Å². The lowest BCUT2D eigenvalue weighted by atomic mass is 10.1. The van der Waals surface area contributed by atoms with Crippen molar-refractivity contribution in [2.45, 2.75) is 0 Å². The topological polar surface area (TPSA) is 68.5 Å². The Morgan fingerprint density at radius 2 is 1.91 bits per heavy atom. The van der Waals surface area contributed by atoms with Crippen LogP contribution in [0.1, 0.15) is 10.4 Å². The Morgan fingerprint density at radius 3 is 2.61 bits per heavy atom. The predicted molar refractivity (Wildman–Crippen MR) is 88.4 cm³/mol. The Labute approximate surface area is 136 Å². The molecule has 1 amide bonds. The molecule has 0 unspecified atom stereocenters. The zero-order valence-electron chi connectivity index (χ0n) is 12.1. The van der Waals surface area contributed by atoms with Crippen molar-refractivity contribution in [3.63, 3.8) is 0 Å². The quantitative estimate of drug-likeness (QED) is 0.744. The van der Waals surface area contributed by atoms with Crippen LogP contribution < -0.4 is 15.7 Å². The molecule has 3 rings (SSSR count). The number of para-hydroxylation sites is 1. The minimum absolute atomic E-state index is 0.106. The molecule has 0 saturated carbocycles. The maximum absolute atomic E-state index is 12.3. The standard InChI is InChI=1S/C17H12ClNO4/c1-22-14-9-11(18)7-10-8-13(17(21)23-15(10)14)16(20)19-12-5-3-2-4-6-12/h2-9H,1H3,(H,19,20). The van der Waals surface area contributed by atoms with Crippen molar-refractivity contribution in [2.75, 3.05) is 12.4 Å². The van der Waals surface area contributed by atoms with E-state index in [9.17, 15) is 9.59 Å². The highest BCUT2D eigenvalue weighted by molar-refractivity contribution is 6.31. The molecule has 0 aliphatic carbocycles. The molecule has 0 spiro atoms. The van der Waals surface area contributed by atoms with Crippen molar-refractivity contribution in [3.8, 4) is 5.75 Å². The Morgan fingerprint density at radius 1 is 1.17 bits per heavy atom. The fraction of sp³-hybridized carbons (Fsp3) is 0.0588. The van der Waals surface area contributed by atoms with Gasteiger partial charge in [-0.2, -0.15) is 0 Å². The van der Waals surface area contributed by atoms with Crippen molar-refractivity contribution in [1.82, 2.24) is 0 Å². The van der Waals surface area contributed by atoms with Crippen LogP contribution in [-0.4, -0.2) is 13.0 Å². The summed E-state index contributed by atoms with van der Waals surface area (Å²) in [5.41, 5.74) is -0.0175. The molecule has 1 aromatic heterocycles. The number of anilines is 1. The SMILES string of the molecule is COc1cc(Cl)cc2cc(C(=O)Nc3ccccc3)c(=O)oc12. The van der Waals surface area contributed by atoms with Gasteiger partial charge >= 0.3 is 5.63 Å². The summed E-state index contributed by atoms with van der Waals surface area (Å²) in [5, 5.41) is 3.56. The van der Waals surface area contributed by atoms with Gasteiger partial charge in [-0.1, -0.05) is 29.8 Å². The second kappa shape index (κ2) is 6.14. The molecule has 0 aliphatic rings. The summed E-state index contributed by atoms with van der Waals surface area (Å²) in [6.45, 7) is 0. The van der Waals surface area contributed by atoms with Gasteiger partial charge in [0.05, 0.1) is 7.11 Å². The summed E-state index contributed by atoms with van der Waals surface area (Å²) < 4.78 is 10.4. The van der Waals surface area contributed by atoms with Crippen molar-refractivity contribution in [1.29, 1.82) is 0 Å². The van der Waals surface area contributed by atoms with E-state index in [1.165, 1.54) is 19.2 Å². The van der Waals surface area contributed by atoms with Gasteiger partial charge in [0.2, 0.25) is 0 Å². The predicted octanol–water partition coefficient (Wildman–Crippen LogP) is 3.71. The van der Waals surface area contributed by atoms with Crippen LogP contribution in [0.5, 0.6) is 5.75 Å². The van der Waals surface area contributed by atoms with Gasteiger partial charge in [-0.25, -0.2) is 4.79 Å². The van der Waals surface area contributed by atoms with Crippen LogP contribution in [0, 0.1) is 0 Å². The lowest BCUT2D eigenvalue weighted by Gasteiger charge is -2.07. The number of carbonyl (C=O) groups excluding carboxylic acids is 1. The highest BCUT2D eigenvalue weighted by Gasteiger charge is 2.16. The molecule has 3 aromatic rings. The smallest absolute Gasteiger partial charge is 0.349 e. The largest absolute Gasteiger partial charge is 0.493 e. The Bertz CT molecular complexity index is 934. The number of amides is 1. The van der Waals surface area contributed by atoms with Crippen molar-refractivity contribution in [3.05, 3.63) is 69.5 Å². The number of methoxy groups -OCH3 is 1. The van der Waals surface area contributed by atoms with Gasteiger partial charge in [-0.05, 0) is 24.3 Å². The fourth-order valence-electron chi connectivity index (χ4n) is 2.20. The van der Waals surface area contributed by atoms with Crippen LogP contribution in [0.2, 0.25) is 5.02 Å². The molecule has 0 aliphatic heterocycles. The first-order chi connectivity index (χ1) is 11.1. The summed E-state index contributed by atoms with van der Waals surface area (Å²) in [5.74, 6) is -0.217. The molecule has 0 atom stereocenters. The molecular formula is C17H12ClNO4. The molecule has 0 radical (unpaired) electrons. The summed E-state index contributed by atoms with van der Waals surface area (Å²) >= 11 is 6.00. The van der Waals surface area contributed by atoms with Crippen molar-refractivity contribution < 1.29 is 13.9 Å². The number of ether oxygens (including phenoxy) is 1. The van der Waals surface area contributed by atoms with E-state index in [1.807, 2.05) is 6.07 Å². The summed E-state index contributed by atoms with van der Waals surface area (Å²) in [6, 6.07) is 13.4. The highest BCUT2D eigenvalue weighted by atomic mass is 35.5. The Hall–Kier alpha value is -2.79. The van der Waals surface area contributed by atoms with Gasteiger partial charge < -0.3 is 14.5 Å². The molecule has 5 nitrogen and oxygen atoms in total. The molecule has 6 heteroatoms. The summed E-state index contributed by atoms with van der Waals surface area (Å²) in [7, 11) is 1.45. The van der Waals surface area contributed by atoms with Gasteiger partial charge in [0.1, 0.15) is 5.56 Å². The number of halogens is 1. The van der Waals surface area contributed by atoms with Crippen LogP contribution in [0.15, 0.2) is 57.7 Å². The third-order valence-electron chi connectivity index (χ3n) is 3.26. The molecule has 23 heavy (non-hydrogen) atoms. The van der Waals surface area contributed by atoms with E-state index >= 15 is 0 Å². The van der Waals surface area contributed by atoms with E-state index in [-0.39, 0.29) is 11.1 Å². The molecule has 1 N–H and O–H groups in total. The first-order valence-corrected chi connectivity index (χ1v) is 7.14. The number of carbonyl (C=O) groups is 1. The number of rotatable bonds is 3. The second-order valence-electron chi connectivity index (χ2n) is 4.79.